The van der Waals surface area contributed by atoms with Gasteiger partial charge in [-0.2, -0.15) is 0 Å². The molecule has 0 aromatic rings. The first-order chi connectivity index (χ1) is 9.26. The molecule has 2 amide bonds. The second-order valence-electron chi connectivity index (χ2n) is 7.07. The van der Waals surface area contributed by atoms with Gasteiger partial charge in [0.2, 0.25) is 5.91 Å². The number of carbonyl (C=O) groups is 2. The summed E-state index contributed by atoms with van der Waals surface area (Å²) in [6.45, 7) is 8.95. The molecule has 0 aromatic carbocycles. The van der Waals surface area contributed by atoms with E-state index >= 15 is 0 Å². The van der Waals surface area contributed by atoms with E-state index in [0.717, 1.165) is 19.3 Å². The van der Waals surface area contributed by atoms with Crippen molar-refractivity contribution in [2.24, 2.45) is 11.8 Å². The van der Waals surface area contributed by atoms with E-state index in [1.807, 2.05) is 20.8 Å². The number of hydrogen-bond acceptors (Lipinski definition) is 3. The molecule has 5 nitrogen and oxygen atoms in total. The van der Waals surface area contributed by atoms with Crippen LogP contribution in [0.2, 0.25) is 0 Å². The van der Waals surface area contributed by atoms with Crippen LogP contribution in [0.5, 0.6) is 0 Å². The van der Waals surface area contributed by atoms with Crippen molar-refractivity contribution in [3.05, 3.63) is 0 Å². The molecular weight excluding hydrogens is 256 g/mol. The summed E-state index contributed by atoms with van der Waals surface area (Å²) < 4.78 is 5.35. The van der Waals surface area contributed by atoms with Crippen LogP contribution in [0.4, 0.5) is 4.79 Å². The molecule has 2 atom stereocenters. The Morgan fingerprint density at radius 2 is 1.75 bits per heavy atom. The Hall–Kier alpha value is -1.26. The number of piperidine rings is 1. The number of nitrogens with zero attached hydrogens (tertiary/aromatic N) is 1. The topological polar surface area (TPSA) is 58.6 Å². The summed E-state index contributed by atoms with van der Waals surface area (Å²) in [7, 11) is 0. The maximum absolute atomic E-state index is 12.1. The first-order valence-corrected chi connectivity index (χ1v) is 7.54. The van der Waals surface area contributed by atoms with Gasteiger partial charge in [0, 0.05) is 25.0 Å². The van der Waals surface area contributed by atoms with Crippen molar-refractivity contribution in [2.75, 3.05) is 13.1 Å². The van der Waals surface area contributed by atoms with Gasteiger partial charge in [0.1, 0.15) is 5.60 Å². The zero-order chi connectivity index (χ0) is 14.9. The van der Waals surface area contributed by atoms with Gasteiger partial charge in [-0.1, -0.05) is 6.92 Å². The van der Waals surface area contributed by atoms with Crippen molar-refractivity contribution in [2.45, 2.75) is 58.6 Å². The maximum atomic E-state index is 12.1. The third kappa shape index (κ3) is 4.12. The molecule has 2 rings (SSSR count). The van der Waals surface area contributed by atoms with Crippen LogP contribution < -0.4 is 5.32 Å². The average Bonchev–Trinajstić information content (AvgIpc) is 3.03. The lowest BCUT2D eigenvalue weighted by Gasteiger charge is -2.33. The van der Waals surface area contributed by atoms with Crippen LogP contribution in [0.3, 0.4) is 0 Å². The Kier molecular flexibility index (Phi) is 4.25. The molecule has 1 saturated carbocycles. The van der Waals surface area contributed by atoms with Gasteiger partial charge < -0.3 is 15.0 Å². The molecule has 0 aromatic heterocycles. The van der Waals surface area contributed by atoms with E-state index in [0.29, 0.717) is 25.0 Å². The van der Waals surface area contributed by atoms with Gasteiger partial charge in [-0.3, -0.25) is 4.79 Å². The number of nitrogens with one attached hydrogen (secondary N) is 1. The van der Waals surface area contributed by atoms with Crippen LogP contribution in [0, 0.1) is 11.8 Å². The number of carbonyl (C=O) groups excluding carboxylic acids is 2. The van der Waals surface area contributed by atoms with Crippen molar-refractivity contribution in [1.82, 2.24) is 10.2 Å². The normalized spacial score (nSPS) is 27.1. The largest absolute Gasteiger partial charge is 0.444 e. The van der Waals surface area contributed by atoms with Crippen LogP contribution in [0.25, 0.3) is 0 Å². The van der Waals surface area contributed by atoms with E-state index in [2.05, 4.69) is 12.2 Å². The Labute approximate surface area is 121 Å². The summed E-state index contributed by atoms with van der Waals surface area (Å²) >= 11 is 0. The molecule has 1 saturated heterocycles. The van der Waals surface area contributed by atoms with Crippen molar-refractivity contribution in [3.8, 4) is 0 Å². The summed E-state index contributed by atoms with van der Waals surface area (Å²) in [6.07, 6.45) is 2.29. The molecule has 5 heteroatoms. The lowest BCUT2D eigenvalue weighted by molar-refractivity contribution is -0.126. The van der Waals surface area contributed by atoms with Crippen LogP contribution in [0.15, 0.2) is 0 Å². The van der Waals surface area contributed by atoms with E-state index in [1.54, 1.807) is 4.90 Å². The molecule has 0 spiro atoms. The Bertz CT molecular complexity index is 381. The highest BCUT2D eigenvalue weighted by Gasteiger charge is 2.36. The maximum Gasteiger partial charge on any atom is 0.410 e. The zero-order valence-corrected chi connectivity index (χ0v) is 12.9. The third-order valence-electron chi connectivity index (χ3n) is 3.95. The molecule has 1 N–H and O–H groups in total. The Morgan fingerprint density at radius 1 is 1.20 bits per heavy atom. The molecule has 2 fully saturated rings. The van der Waals surface area contributed by atoms with E-state index in [1.165, 1.54) is 0 Å². The third-order valence-corrected chi connectivity index (χ3v) is 3.95. The standard InChI is InChI=1S/C15H26N2O3/c1-10-9-12(10)16-13(18)11-5-7-17(8-6-11)14(19)20-15(2,3)4/h10-12H,5-9H2,1-4H3,(H,16,18). The second kappa shape index (κ2) is 5.62. The number of ether oxygens (including phenoxy) is 1. The first kappa shape index (κ1) is 15.1. The van der Waals surface area contributed by atoms with Gasteiger partial charge in [-0.15, -0.1) is 0 Å². The Balaban J connectivity index is 1.74. The van der Waals surface area contributed by atoms with Gasteiger partial charge in [0.15, 0.2) is 0 Å². The van der Waals surface area contributed by atoms with Crippen molar-refractivity contribution in [1.29, 1.82) is 0 Å². The van der Waals surface area contributed by atoms with E-state index in [-0.39, 0.29) is 17.9 Å². The molecular formula is C15H26N2O3. The fraction of sp³-hybridized carbons (Fsp3) is 0.867. The zero-order valence-electron chi connectivity index (χ0n) is 12.9. The number of hydrogen-bond donors (Lipinski definition) is 1. The fourth-order valence-electron chi connectivity index (χ4n) is 2.47. The second-order valence-corrected chi connectivity index (χ2v) is 7.07. The number of rotatable bonds is 2. The van der Waals surface area contributed by atoms with E-state index in [9.17, 15) is 9.59 Å². The van der Waals surface area contributed by atoms with E-state index < -0.39 is 5.60 Å². The highest BCUT2D eigenvalue weighted by Crippen LogP contribution is 2.30. The minimum Gasteiger partial charge on any atom is -0.444 e. The minimum atomic E-state index is -0.465. The molecule has 114 valence electrons. The fourth-order valence-corrected chi connectivity index (χ4v) is 2.47. The van der Waals surface area contributed by atoms with Crippen molar-refractivity contribution < 1.29 is 14.3 Å². The summed E-state index contributed by atoms with van der Waals surface area (Å²) in [5.74, 6) is 0.825. The number of likely N-dealkylation sites (tertiary alicyclic amines) is 1. The van der Waals surface area contributed by atoms with Gasteiger partial charge in [-0.25, -0.2) is 4.79 Å². The van der Waals surface area contributed by atoms with Gasteiger partial charge in [0.05, 0.1) is 0 Å². The molecule has 2 aliphatic rings. The number of amides is 2. The van der Waals surface area contributed by atoms with Gasteiger partial charge in [0.25, 0.3) is 0 Å². The predicted molar refractivity (Wildman–Crippen MR) is 76.2 cm³/mol. The summed E-state index contributed by atoms with van der Waals surface area (Å²) in [6, 6.07) is 0.381. The molecule has 1 aliphatic heterocycles. The summed E-state index contributed by atoms with van der Waals surface area (Å²) in [5.41, 5.74) is -0.465. The van der Waals surface area contributed by atoms with Gasteiger partial charge in [-0.05, 0) is 46.0 Å². The molecule has 0 radical (unpaired) electrons. The van der Waals surface area contributed by atoms with Crippen LogP contribution in [0.1, 0.15) is 47.0 Å². The van der Waals surface area contributed by atoms with Crippen LogP contribution in [-0.4, -0.2) is 41.6 Å². The molecule has 1 heterocycles. The monoisotopic (exact) mass is 282 g/mol. The lowest BCUT2D eigenvalue weighted by atomic mass is 9.96. The van der Waals surface area contributed by atoms with Crippen LogP contribution >= 0.6 is 0 Å². The highest BCUT2D eigenvalue weighted by atomic mass is 16.6. The predicted octanol–water partition coefficient (Wildman–Crippen LogP) is 2.16. The van der Waals surface area contributed by atoms with E-state index in [4.69, 9.17) is 4.74 Å². The SMILES string of the molecule is CC1CC1NC(=O)C1CCN(C(=O)OC(C)(C)C)CC1. The molecule has 0 bridgehead atoms. The first-order valence-electron chi connectivity index (χ1n) is 7.54. The minimum absolute atomic E-state index is 0.0430. The van der Waals surface area contributed by atoms with Crippen molar-refractivity contribution in [3.63, 3.8) is 0 Å². The molecule has 2 unspecified atom stereocenters. The highest BCUT2D eigenvalue weighted by molar-refractivity contribution is 5.79. The molecule has 1 aliphatic carbocycles. The lowest BCUT2D eigenvalue weighted by Crippen LogP contribution is -2.45. The summed E-state index contributed by atoms with van der Waals surface area (Å²) in [4.78, 5) is 25.7. The van der Waals surface area contributed by atoms with Crippen molar-refractivity contribution >= 4 is 12.0 Å². The Morgan fingerprint density at radius 3 is 2.20 bits per heavy atom. The van der Waals surface area contributed by atoms with Crippen LogP contribution in [-0.2, 0) is 9.53 Å². The summed E-state index contributed by atoms with van der Waals surface area (Å²) in [5, 5.41) is 3.08. The molecule has 20 heavy (non-hydrogen) atoms. The van der Waals surface area contributed by atoms with Gasteiger partial charge >= 0.3 is 6.09 Å². The smallest absolute Gasteiger partial charge is 0.410 e. The quantitative estimate of drug-likeness (QED) is 0.844. The average molecular weight is 282 g/mol.